The highest BCUT2D eigenvalue weighted by Crippen LogP contribution is 2.26. The summed E-state index contributed by atoms with van der Waals surface area (Å²) < 4.78 is 2.23. The minimum absolute atomic E-state index is 0.568. The van der Waals surface area contributed by atoms with E-state index in [0.717, 1.165) is 35.4 Å². The molecule has 22 heavy (non-hydrogen) atoms. The van der Waals surface area contributed by atoms with Gasteiger partial charge in [0.15, 0.2) is 0 Å². The van der Waals surface area contributed by atoms with E-state index < -0.39 is 0 Å². The highest BCUT2D eigenvalue weighted by atomic mass is 15.1. The second-order valence-electron chi connectivity index (χ2n) is 5.64. The van der Waals surface area contributed by atoms with Crippen LogP contribution in [0.4, 0.5) is 0 Å². The summed E-state index contributed by atoms with van der Waals surface area (Å²) in [6.45, 7) is 5.06. The van der Waals surface area contributed by atoms with E-state index in [-0.39, 0.29) is 0 Å². The zero-order valence-electron chi connectivity index (χ0n) is 13.0. The number of nitrogens with zero attached hydrogens (tertiary/aromatic N) is 3. The molecule has 0 N–H and O–H groups in total. The van der Waals surface area contributed by atoms with Gasteiger partial charge in [0.25, 0.3) is 0 Å². The number of hydrogen-bond acceptors (Lipinski definition) is 2. The molecule has 0 radical (unpaired) electrons. The first-order valence-electron chi connectivity index (χ1n) is 7.60. The van der Waals surface area contributed by atoms with Crippen molar-refractivity contribution in [1.29, 1.82) is 5.26 Å². The molecule has 0 amide bonds. The number of para-hydroxylation sites is 2. The lowest BCUT2D eigenvalue weighted by Gasteiger charge is -2.09. The Morgan fingerprint density at radius 1 is 1.09 bits per heavy atom. The Morgan fingerprint density at radius 2 is 1.91 bits per heavy atom. The van der Waals surface area contributed by atoms with Crippen LogP contribution in [0.5, 0.6) is 0 Å². The second-order valence-corrected chi connectivity index (χ2v) is 5.64. The minimum Gasteiger partial charge on any atom is -0.324 e. The van der Waals surface area contributed by atoms with Crippen LogP contribution in [0.15, 0.2) is 42.5 Å². The Balaban J connectivity index is 2.12. The number of aryl methyl sites for hydroxylation is 3. The van der Waals surface area contributed by atoms with Gasteiger partial charge in [0.05, 0.1) is 17.1 Å². The van der Waals surface area contributed by atoms with E-state index in [0.29, 0.717) is 6.42 Å². The van der Waals surface area contributed by atoms with Crippen LogP contribution in [0, 0.1) is 25.2 Å². The number of benzene rings is 2. The predicted octanol–water partition coefficient (Wildman–Crippen LogP) is 4.62. The SMILES string of the molecule is Cc1ccc(-c2nc3ccccc3n2CCCC#N)cc1C. The van der Waals surface area contributed by atoms with Crippen LogP contribution in [-0.2, 0) is 6.54 Å². The molecule has 0 aliphatic heterocycles. The molecule has 2 aromatic carbocycles. The smallest absolute Gasteiger partial charge is 0.141 e. The summed E-state index contributed by atoms with van der Waals surface area (Å²) in [6.07, 6.45) is 1.41. The molecule has 0 unspecified atom stereocenters. The van der Waals surface area contributed by atoms with Gasteiger partial charge in [0.1, 0.15) is 5.82 Å². The van der Waals surface area contributed by atoms with Crippen LogP contribution in [0.2, 0.25) is 0 Å². The Morgan fingerprint density at radius 3 is 2.68 bits per heavy atom. The molecule has 0 atom stereocenters. The molecule has 3 heteroatoms. The van der Waals surface area contributed by atoms with Crippen molar-refractivity contribution in [2.24, 2.45) is 0 Å². The van der Waals surface area contributed by atoms with Crippen molar-refractivity contribution in [2.75, 3.05) is 0 Å². The van der Waals surface area contributed by atoms with Crippen molar-refractivity contribution in [3.8, 4) is 17.5 Å². The van der Waals surface area contributed by atoms with Crippen LogP contribution in [0.3, 0.4) is 0 Å². The summed E-state index contributed by atoms with van der Waals surface area (Å²) >= 11 is 0. The van der Waals surface area contributed by atoms with Crippen LogP contribution >= 0.6 is 0 Å². The van der Waals surface area contributed by atoms with Gasteiger partial charge in [-0.25, -0.2) is 4.98 Å². The summed E-state index contributed by atoms with van der Waals surface area (Å²) in [5, 5.41) is 8.79. The van der Waals surface area contributed by atoms with Crippen LogP contribution in [0.25, 0.3) is 22.4 Å². The normalized spacial score (nSPS) is 10.8. The standard InChI is InChI=1S/C19H19N3/c1-14-9-10-16(13-15(14)2)19-21-17-7-3-4-8-18(17)22(19)12-6-5-11-20/h3-4,7-10,13H,5-6,12H2,1-2H3. The van der Waals surface area contributed by atoms with Gasteiger partial charge in [-0.3, -0.25) is 0 Å². The molecule has 3 nitrogen and oxygen atoms in total. The number of rotatable bonds is 4. The number of imidazole rings is 1. The fraction of sp³-hybridized carbons (Fsp3) is 0.263. The lowest BCUT2D eigenvalue weighted by Crippen LogP contribution is -2.01. The summed E-state index contributed by atoms with van der Waals surface area (Å²) in [6, 6.07) is 16.9. The molecule has 0 fully saturated rings. The van der Waals surface area contributed by atoms with Gasteiger partial charge < -0.3 is 4.57 Å². The van der Waals surface area contributed by atoms with E-state index in [1.54, 1.807) is 0 Å². The minimum atomic E-state index is 0.568. The molecule has 1 heterocycles. The van der Waals surface area contributed by atoms with Crippen molar-refractivity contribution in [3.63, 3.8) is 0 Å². The maximum atomic E-state index is 8.79. The monoisotopic (exact) mass is 289 g/mol. The van der Waals surface area contributed by atoms with Gasteiger partial charge in [-0.1, -0.05) is 24.3 Å². The molecule has 3 rings (SSSR count). The molecule has 0 spiro atoms. The zero-order valence-corrected chi connectivity index (χ0v) is 13.0. The lowest BCUT2D eigenvalue weighted by molar-refractivity contribution is 0.675. The third-order valence-electron chi connectivity index (χ3n) is 4.09. The highest BCUT2D eigenvalue weighted by Gasteiger charge is 2.12. The lowest BCUT2D eigenvalue weighted by atomic mass is 10.1. The molecule has 0 bridgehead atoms. The first-order chi connectivity index (χ1) is 10.7. The van der Waals surface area contributed by atoms with E-state index in [4.69, 9.17) is 10.2 Å². The average molecular weight is 289 g/mol. The quantitative estimate of drug-likeness (QED) is 0.657. The third-order valence-corrected chi connectivity index (χ3v) is 4.09. The number of fused-ring (bicyclic) bond motifs is 1. The number of aromatic nitrogens is 2. The Hall–Kier alpha value is -2.60. The molecule has 0 saturated heterocycles. The predicted molar refractivity (Wildman–Crippen MR) is 89.5 cm³/mol. The number of hydrogen-bond donors (Lipinski definition) is 0. The topological polar surface area (TPSA) is 41.6 Å². The molecule has 3 aromatic rings. The molecular weight excluding hydrogens is 270 g/mol. The van der Waals surface area contributed by atoms with Crippen LogP contribution in [0.1, 0.15) is 24.0 Å². The maximum absolute atomic E-state index is 8.79. The number of nitriles is 1. The first kappa shape index (κ1) is 14.3. The van der Waals surface area contributed by atoms with Gasteiger partial charge in [-0.15, -0.1) is 0 Å². The van der Waals surface area contributed by atoms with Crippen LogP contribution in [-0.4, -0.2) is 9.55 Å². The Labute approximate surface area is 130 Å². The van der Waals surface area contributed by atoms with E-state index in [9.17, 15) is 0 Å². The van der Waals surface area contributed by atoms with Crippen molar-refractivity contribution >= 4 is 11.0 Å². The van der Waals surface area contributed by atoms with E-state index in [2.05, 4.69) is 48.7 Å². The van der Waals surface area contributed by atoms with Crippen LogP contribution < -0.4 is 0 Å². The molecule has 1 aromatic heterocycles. The molecule has 110 valence electrons. The third kappa shape index (κ3) is 2.60. The summed E-state index contributed by atoms with van der Waals surface area (Å²) in [4.78, 5) is 4.81. The second kappa shape index (κ2) is 6.03. The fourth-order valence-electron chi connectivity index (χ4n) is 2.72. The molecule has 0 aliphatic rings. The summed E-state index contributed by atoms with van der Waals surface area (Å²) in [5.74, 6) is 0.988. The molecule has 0 aliphatic carbocycles. The largest absolute Gasteiger partial charge is 0.324 e. The number of unbranched alkanes of at least 4 members (excludes halogenated alkanes) is 1. The molecule has 0 saturated carbocycles. The first-order valence-corrected chi connectivity index (χ1v) is 7.60. The fourth-order valence-corrected chi connectivity index (χ4v) is 2.72. The van der Waals surface area contributed by atoms with Crippen molar-refractivity contribution in [1.82, 2.24) is 9.55 Å². The zero-order chi connectivity index (χ0) is 15.5. The van der Waals surface area contributed by atoms with Crippen molar-refractivity contribution < 1.29 is 0 Å². The van der Waals surface area contributed by atoms with Crippen molar-refractivity contribution in [3.05, 3.63) is 53.6 Å². The Bertz CT molecular complexity index is 853. The van der Waals surface area contributed by atoms with Gasteiger partial charge in [0.2, 0.25) is 0 Å². The van der Waals surface area contributed by atoms with E-state index in [1.807, 2.05) is 18.2 Å². The average Bonchev–Trinajstić information content (AvgIpc) is 2.89. The summed E-state index contributed by atoms with van der Waals surface area (Å²) in [5.41, 5.74) is 5.83. The highest BCUT2D eigenvalue weighted by molar-refractivity contribution is 5.80. The molecular formula is C19H19N3. The van der Waals surface area contributed by atoms with Crippen molar-refractivity contribution in [2.45, 2.75) is 33.2 Å². The summed E-state index contributed by atoms with van der Waals surface area (Å²) in [7, 11) is 0. The van der Waals surface area contributed by atoms with Gasteiger partial charge in [-0.05, 0) is 49.6 Å². The Kier molecular flexibility index (Phi) is 3.93. The van der Waals surface area contributed by atoms with Gasteiger partial charge >= 0.3 is 0 Å². The van der Waals surface area contributed by atoms with E-state index in [1.165, 1.54) is 11.1 Å². The van der Waals surface area contributed by atoms with E-state index >= 15 is 0 Å². The van der Waals surface area contributed by atoms with Gasteiger partial charge in [0, 0.05) is 18.5 Å². The maximum Gasteiger partial charge on any atom is 0.141 e. The van der Waals surface area contributed by atoms with Gasteiger partial charge in [-0.2, -0.15) is 5.26 Å².